The molecule has 1 aromatic carbocycles. The van der Waals surface area contributed by atoms with Gasteiger partial charge in [0, 0.05) is 29.9 Å². The van der Waals surface area contributed by atoms with Crippen molar-refractivity contribution >= 4 is 39.5 Å². The molecule has 1 saturated heterocycles. The predicted molar refractivity (Wildman–Crippen MR) is 98.6 cm³/mol. The number of likely N-dealkylation sites (tertiary alicyclic amines) is 1. The maximum Gasteiger partial charge on any atom is 0.352 e. The SMILES string of the molecule is CC(C)N1CCC(Oc2ccc3[nH]c(C(=O)O)cc3c2)CC1I. The number of carbonyl (C=O) groups is 1. The smallest absolute Gasteiger partial charge is 0.352 e. The quantitative estimate of drug-likeness (QED) is 0.441. The van der Waals surface area contributed by atoms with Crippen molar-refractivity contribution in [3.63, 3.8) is 0 Å². The largest absolute Gasteiger partial charge is 0.490 e. The first kappa shape index (κ1) is 16.6. The summed E-state index contributed by atoms with van der Waals surface area (Å²) in [5.41, 5.74) is 1.02. The average molecular weight is 428 g/mol. The van der Waals surface area contributed by atoms with E-state index in [1.165, 1.54) is 0 Å². The summed E-state index contributed by atoms with van der Waals surface area (Å²) in [6, 6.07) is 7.90. The van der Waals surface area contributed by atoms with Gasteiger partial charge in [-0.2, -0.15) is 0 Å². The molecule has 2 atom stereocenters. The molecule has 1 aliphatic heterocycles. The maximum absolute atomic E-state index is 11.0. The van der Waals surface area contributed by atoms with Gasteiger partial charge in [0.15, 0.2) is 0 Å². The Morgan fingerprint density at radius 3 is 2.87 bits per heavy atom. The first-order valence-corrected chi connectivity index (χ1v) is 9.11. The van der Waals surface area contributed by atoms with Crippen molar-refractivity contribution in [2.24, 2.45) is 0 Å². The number of nitrogens with zero attached hydrogens (tertiary/aromatic N) is 1. The molecule has 0 radical (unpaired) electrons. The third-order valence-electron chi connectivity index (χ3n) is 4.32. The van der Waals surface area contributed by atoms with Gasteiger partial charge in [-0.25, -0.2) is 4.79 Å². The number of fused-ring (bicyclic) bond motifs is 1. The number of halogens is 1. The van der Waals surface area contributed by atoms with Gasteiger partial charge in [-0.3, -0.25) is 4.90 Å². The fraction of sp³-hybridized carbons (Fsp3) is 0.471. The molecule has 1 aliphatic rings. The Bertz CT molecular complexity index is 713. The summed E-state index contributed by atoms with van der Waals surface area (Å²) in [6.45, 7) is 5.50. The summed E-state index contributed by atoms with van der Waals surface area (Å²) >= 11 is 2.49. The maximum atomic E-state index is 11.0. The molecule has 1 aromatic heterocycles. The number of aromatic carboxylic acids is 1. The van der Waals surface area contributed by atoms with Crippen LogP contribution in [0.3, 0.4) is 0 Å². The van der Waals surface area contributed by atoms with Crippen LogP contribution in [0, 0.1) is 0 Å². The van der Waals surface area contributed by atoms with Crippen LogP contribution in [0.5, 0.6) is 5.75 Å². The topological polar surface area (TPSA) is 65.6 Å². The molecule has 2 N–H and O–H groups in total. The Balaban J connectivity index is 1.71. The molecule has 2 aromatic rings. The van der Waals surface area contributed by atoms with E-state index in [1.807, 2.05) is 18.2 Å². The number of carboxylic acid groups (broad SMARTS) is 1. The first-order chi connectivity index (χ1) is 10.9. The summed E-state index contributed by atoms with van der Waals surface area (Å²) in [6.07, 6.45) is 2.23. The van der Waals surface area contributed by atoms with E-state index >= 15 is 0 Å². The van der Waals surface area contributed by atoms with Crippen LogP contribution in [0.1, 0.15) is 37.2 Å². The molecule has 1 fully saturated rings. The Kier molecular flexibility index (Phi) is 4.82. The van der Waals surface area contributed by atoms with Crippen molar-refractivity contribution in [1.82, 2.24) is 9.88 Å². The molecule has 23 heavy (non-hydrogen) atoms. The van der Waals surface area contributed by atoms with Crippen molar-refractivity contribution in [2.45, 2.75) is 42.9 Å². The highest BCUT2D eigenvalue weighted by Gasteiger charge is 2.29. The highest BCUT2D eigenvalue weighted by atomic mass is 127. The zero-order valence-electron chi connectivity index (χ0n) is 13.3. The van der Waals surface area contributed by atoms with E-state index in [0.29, 0.717) is 10.1 Å². The summed E-state index contributed by atoms with van der Waals surface area (Å²) in [7, 11) is 0. The van der Waals surface area contributed by atoms with Gasteiger partial charge < -0.3 is 14.8 Å². The fourth-order valence-electron chi connectivity index (χ4n) is 3.08. The normalized spacial score (nSPS) is 22.6. The minimum Gasteiger partial charge on any atom is -0.490 e. The number of H-pyrrole nitrogens is 1. The van der Waals surface area contributed by atoms with Gasteiger partial charge in [-0.1, -0.05) is 22.6 Å². The van der Waals surface area contributed by atoms with E-state index in [1.54, 1.807) is 6.07 Å². The lowest BCUT2D eigenvalue weighted by Gasteiger charge is -2.38. The number of aromatic amines is 1. The van der Waals surface area contributed by atoms with Crippen molar-refractivity contribution < 1.29 is 14.6 Å². The zero-order valence-corrected chi connectivity index (χ0v) is 15.4. The predicted octanol–water partition coefficient (Wildman–Crippen LogP) is 3.88. The number of nitrogens with one attached hydrogen (secondary N) is 1. The van der Waals surface area contributed by atoms with Crippen LogP contribution >= 0.6 is 22.6 Å². The molecule has 124 valence electrons. The monoisotopic (exact) mass is 428 g/mol. The summed E-state index contributed by atoms with van der Waals surface area (Å²) in [4.78, 5) is 16.4. The van der Waals surface area contributed by atoms with Crippen LogP contribution in [-0.2, 0) is 0 Å². The molecule has 2 unspecified atom stereocenters. The third kappa shape index (κ3) is 3.63. The lowest BCUT2D eigenvalue weighted by molar-refractivity contribution is 0.0691. The van der Waals surface area contributed by atoms with Gasteiger partial charge in [0.1, 0.15) is 17.5 Å². The molecule has 0 amide bonds. The fourth-order valence-corrected chi connectivity index (χ4v) is 4.57. The van der Waals surface area contributed by atoms with Crippen molar-refractivity contribution in [1.29, 1.82) is 0 Å². The molecule has 3 rings (SSSR count). The second-order valence-electron chi connectivity index (χ2n) is 6.27. The highest BCUT2D eigenvalue weighted by molar-refractivity contribution is 14.1. The molecular weight excluding hydrogens is 407 g/mol. The van der Waals surface area contributed by atoms with Gasteiger partial charge >= 0.3 is 5.97 Å². The number of hydrogen-bond acceptors (Lipinski definition) is 3. The summed E-state index contributed by atoms with van der Waals surface area (Å²) in [5, 5.41) is 9.91. The van der Waals surface area contributed by atoms with Crippen LogP contribution in [-0.4, -0.2) is 43.7 Å². The number of aromatic nitrogens is 1. The zero-order chi connectivity index (χ0) is 16.6. The van der Waals surface area contributed by atoms with E-state index in [9.17, 15) is 4.79 Å². The van der Waals surface area contributed by atoms with Crippen molar-refractivity contribution in [2.75, 3.05) is 6.54 Å². The minimum absolute atomic E-state index is 0.203. The van der Waals surface area contributed by atoms with Crippen LogP contribution in [0.15, 0.2) is 24.3 Å². The number of rotatable bonds is 4. The van der Waals surface area contributed by atoms with E-state index in [0.717, 1.165) is 36.0 Å². The molecule has 6 heteroatoms. The Labute approximate surface area is 149 Å². The van der Waals surface area contributed by atoms with Crippen LogP contribution in [0.25, 0.3) is 10.9 Å². The number of benzene rings is 1. The molecule has 0 saturated carbocycles. The highest BCUT2D eigenvalue weighted by Crippen LogP contribution is 2.29. The van der Waals surface area contributed by atoms with Gasteiger partial charge in [0.05, 0.1) is 4.05 Å². The van der Waals surface area contributed by atoms with Crippen LogP contribution < -0.4 is 4.74 Å². The Morgan fingerprint density at radius 2 is 2.22 bits per heavy atom. The van der Waals surface area contributed by atoms with Gasteiger partial charge in [-0.15, -0.1) is 0 Å². The van der Waals surface area contributed by atoms with E-state index in [4.69, 9.17) is 9.84 Å². The number of piperidine rings is 1. The van der Waals surface area contributed by atoms with E-state index in [2.05, 4.69) is 46.3 Å². The lowest BCUT2D eigenvalue weighted by Crippen LogP contribution is -2.46. The van der Waals surface area contributed by atoms with E-state index < -0.39 is 5.97 Å². The molecule has 0 bridgehead atoms. The summed E-state index contributed by atoms with van der Waals surface area (Å²) < 4.78 is 6.63. The standard InChI is InChI=1S/C17H21IN2O3/c1-10(2)20-6-5-13(9-16(20)18)23-12-3-4-14-11(7-12)8-15(19-14)17(21)22/h3-4,7-8,10,13,16,19H,5-6,9H2,1-2H3,(H,21,22). The van der Waals surface area contributed by atoms with Crippen molar-refractivity contribution in [3.05, 3.63) is 30.0 Å². The summed E-state index contributed by atoms with van der Waals surface area (Å²) in [5.74, 6) is -0.141. The van der Waals surface area contributed by atoms with Gasteiger partial charge in [0.25, 0.3) is 0 Å². The molecule has 0 spiro atoms. The lowest BCUT2D eigenvalue weighted by atomic mass is 10.1. The first-order valence-electron chi connectivity index (χ1n) is 7.86. The number of hydrogen-bond donors (Lipinski definition) is 2. The number of carboxylic acids is 1. The Hall–Kier alpha value is -1.28. The Morgan fingerprint density at radius 1 is 1.43 bits per heavy atom. The number of alkyl halides is 1. The average Bonchev–Trinajstić information content (AvgIpc) is 2.90. The molecule has 5 nitrogen and oxygen atoms in total. The molecule has 0 aliphatic carbocycles. The van der Waals surface area contributed by atoms with Crippen molar-refractivity contribution in [3.8, 4) is 5.75 Å². The molecule has 2 heterocycles. The van der Waals surface area contributed by atoms with E-state index in [-0.39, 0.29) is 11.8 Å². The third-order valence-corrected chi connectivity index (χ3v) is 5.54. The van der Waals surface area contributed by atoms with Gasteiger partial charge in [-0.05, 0) is 44.5 Å². The molecular formula is C17H21IN2O3. The second-order valence-corrected chi connectivity index (χ2v) is 7.71. The van der Waals surface area contributed by atoms with Gasteiger partial charge in [0.2, 0.25) is 0 Å². The van der Waals surface area contributed by atoms with Crippen LogP contribution in [0.2, 0.25) is 0 Å². The van der Waals surface area contributed by atoms with Crippen LogP contribution in [0.4, 0.5) is 0 Å². The second kappa shape index (κ2) is 6.68. The minimum atomic E-state index is -0.947. The number of ether oxygens (including phenoxy) is 1.